The number of nitrogens with zero attached hydrogens (tertiary/aromatic N) is 1. The summed E-state index contributed by atoms with van der Waals surface area (Å²) >= 11 is 0. The maximum atomic E-state index is 12.1. The van der Waals surface area contributed by atoms with Gasteiger partial charge in [0.2, 0.25) is 11.5 Å². The van der Waals surface area contributed by atoms with Crippen LogP contribution in [0.15, 0.2) is 0 Å². The van der Waals surface area contributed by atoms with Gasteiger partial charge < -0.3 is 24.5 Å². The van der Waals surface area contributed by atoms with Crippen LogP contribution >= 0.6 is 0 Å². The minimum absolute atomic E-state index is 0.304. The van der Waals surface area contributed by atoms with E-state index in [0.717, 1.165) is 6.92 Å². The summed E-state index contributed by atoms with van der Waals surface area (Å²) in [5, 5.41) is 20.3. The number of carbonyl (C=O) groups excluding carboxylic acids is 3. The first-order valence-corrected chi connectivity index (χ1v) is 7.46. The standard InChI is InChI=1S/C16H23NO8/c1-8(18)25-17-11(19)9(23-13(21)15(2,3)4)10(12(17)20)24-14(22)16(5,6)7/h19-20H,1-7H3. The van der Waals surface area contributed by atoms with E-state index < -0.39 is 52.0 Å². The van der Waals surface area contributed by atoms with Gasteiger partial charge in [0.05, 0.1) is 10.8 Å². The van der Waals surface area contributed by atoms with Gasteiger partial charge in [0.1, 0.15) is 0 Å². The van der Waals surface area contributed by atoms with Crippen LogP contribution in [0.5, 0.6) is 23.3 Å². The first kappa shape index (κ1) is 20.3. The van der Waals surface area contributed by atoms with Crippen molar-refractivity contribution in [2.75, 3.05) is 0 Å². The molecule has 0 saturated heterocycles. The van der Waals surface area contributed by atoms with E-state index in [1.165, 1.54) is 0 Å². The van der Waals surface area contributed by atoms with Crippen molar-refractivity contribution >= 4 is 17.9 Å². The molecular formula is C16H23NO8. The quantitative estimate of drug-likeness (QED) is 0.784. The summed E-state index contributed by atoms with van der Waals surface area (Å²) in [7, 11) is 0. The lowest BCUT2D eigenvalue weighted by atomic mass is 9.97. The summed E-state index contributed by atoms with van der Waals surface area (Å²) in [4.78, 5) is 39.9. The van der Waals surface area contributed by atoms with Crippen LogP contribution in [0.4, 0.5) is 0 Å². The smallest absolute Gasteiger partial charge is 0.330 e. The fraction of sp³-hybridized carbons (Fsp3) is 0.562. The van der Waals surface area contributed by atoms with Gasteiger partial charge >= 0.3 is 17.9 Å². The van der Waals surface area contributed by atoms with Gasteiger partial charge in [-0.25, -0.2) is 4.79 Å². The first-order valence-electron chi connectivity index (χ1n) is 7.46. The SMILES string of the molecule is CC(=O)On1c(O)c(OC(=O)C(C)(C)C)c(OC(=O)C(C)(C)C)c1O. The van der Waals surface area contributed by atoms with Gasteiger partial charge in [-0.3, -0.25) is 9.59 Å². The maximum Gasteiger partial charge on any atom is 0.330 e. The number of aromatic nitrogens is 1. The van der Waals surface area contributed by atoms with Crippen LogP contribution in [0.1, 0.15) is 48.5 Å². The molecule has 9 nitrogen and oxygen atoms in total. The summed E-state index contributed by atoms with van der Waals surface area (Å²) in [6.45, 7) is 10.4. The van der Waals surface area contributed by atoms with E-state index >= 15 is 0 Å². The zero-order valence-electron chi connectivity index (χ0n) is 15.3. The molecule has 140 valence electrons. The van der Waals surface area contributed by atoms with Crippen molar-refractivity contribution in [3.63, 3.8) is 0 Å². The van der Waals surface area contributed by atoms with Gasteiger partial charge in [0.25, 0.3) is 11.8 Å². The van der Waals surface area contributed by atoms with E-state index in [0.29, 0.717) is 4.73 Å². The molecule has 1 aromatic heterocycles. The zero-order chi connectivity index (χ0) is 19.7. The van der Waals surface area contributed by atoms with Crippen molar-refractivity contribution < 1.29 is 38.9 Å². The molecule has 0 fully saturated rings. The van der Waals surface area contributed by atoms with Gasteiger partial charge in [-0.1, -0.05) is 4.73 Å². The lowest BCUT2D eigenvalue weighted by Crippen LogP contribution is -2.27. The highest BCUT2D eigenvalue weighted by molar-refractivity contribution is 5.83. The second-order valence-corrected chi connectivity index (χ2v) is 7.46. The molecule has 1 rings (SSSR count). The van der Waals surface area contributed by atoms with Crippen molar-refractivity contribution in [3.8, 4) is 23.3 Å². The Hall–Kier alpha value is -2.71. The normalized spacial score (nSPS) is 11.8. The van der Waals surface area contributed by atoms with E-state index in [4.69, 9.17) is 9.47 Å². The average molecular weight is 357 g/mol. The van der Waals surface area contributed by atoms with Crippen LogP contribution in [-0.4, -0.2) is 32.9 Å². The Morgan fingerprint density at radius 3 is 1.36 bits per heavy atom. The molecule has 0 bridgehead atoms. The molecule has 1 heterocycles. The molecule has 0 saturated carbocycles. The van der Waals surface area contributed by atoms with Crippen molar-refractivity contribution in [1.29, 1.82) is 0 Å². The largest absolute Gasteiger partial charge is 0.490 e. The number of ether oxygens (including phenoxy) is 2. The fourth-order valence-corrected chi connectivity index (χ4v) is 1.38. The number of aromatic hydroxyl groups is 2. The molecule has 0 aromatic carbocycles. The van der Waals surface area contributed by atoms with Crippen LogP contribution in [0, 0.1) is 10.8 Å². The number of hydrogen-bond acceptors (Lipinski definition) is 8. The van der Waals surface area contributed by atoms with Gasteiger partial charge in [-0.2, -0.15) is 0 Å². The van der Waals surface area contributed by atoms with Crippen LogP contribution < -0.4 is 14.3 Å². The molecule has 25 heavy (non-hydrogen) atoms. The Bertz CT molecular complexity index is 652. The Morgan fingerprint density at radius 2 is 1.12 bits per heavy atom. The molecule has 0 aliphatic carbocycles. The van der Waals surface area contributed by atoms with E-state index in [2.05, 4.69) is 4.84 Å². The Morgan fingerprint density at radius 1 is 0.800 bits per heavy atom. The van der Waals surface area contributed by atoms with Crippen LogP contribution in [0.25, 0.3) is 0 Å². The van der Waals surface area contributed by atoms with E-state index in [1.54, 1.807) is 41.5 Å². The Kier molecular flexibility index (Phi) is 5.41. The highest BCUT2D eigenvalue weighted by atomic mass is 16.7. The third kappa shape index (κ3) is 4.65. The Labute approximate surface area is 145 Å². The molecule has 0 radical (unpaired) electrons. The van der Waals surface area contributed by atoms with Crippen molar-refractivity contribution in [2.45, 2.75) is 48.5 Å². The molecule has 0 spiro atoms. The topological polar surface area (TPSA) is 124 Å². The van der Waals surface area contributed by atoms with Crippen LogP contribution in [0.3, 0.4) is 0 Å². The monoisotopic (exact) mass is 357 g/mol. The first-order chi connectivity index (χ1) is 11.2. The molecule has 0 unspecified atom stereocenters. The molecule has 0 aliphatic rings. The molecule has 0 amide bonds. The molecule has 9 heteroatoms. The second kappa shape index (κ2) is 6.66. The molecule has 1 aromatic rings. The Balaban J connectivity index is 3.43. The van der Waals surface area contributed by atoms with Crippen LogP contribution in [-0.2, 0) is 14.4 Å². The third-order valence-corrected chi connectivity index (χ3v) is 2.83. The minimum atomic E-state index is -0.948. The van der Waals surface area contributed by atoms with Crippen LogP contribution in [0.2, 0.25) is 0 Å². The van der Waals surface area contributed by atoms with E-state index in [1.807, 2.05) is 0 Å². The molecule has 2 N–H and O–H groups in total. The highest BCUT2D eigenvalue weighted by Gasteiger charge is 2.36. The lowest BCUT2D eigenvalue weighted by molar-refractivity contribution is -0.145. The van der Waals surface area contributed by atoms with E-state index in [9.17, 15) is 24.6 Å². The van der Waals surface area contributed by atoms with Gasteiger partial charge in [-0.15, -0.1) is 0 Å². The summed E-state index contributed by atoms with van der Waals surface area (Å²) in [5.41, 5.74) is -1.90. The lowest BCUT2D eigenvalue weighted by Gasteiger charge is -2.18. The van der Waals surface area contributed by atoms with Gasteiger partial charge in [-0.05, 0) is 41.5 Å². The minimum Gasteiger partial charge on any atom is -0.490 e. The van der Waals surface area contributed by atoms with Crippen molar-refractivity contribution in [1.82, 2.24) is 4.73 Å². The summed E-state index contributed by atoms with van der Waals surface area (Å²) in [6, 6.07) is 0. The number of rotatable bonds is 3. The summed E-state index contributed by atoms with van der Waals surface area (Å²) < 4.78 is 10.4. The highest BCUT2D eigenvalue weighted by Crippen LogP contribution is 2.47. The van der Waals surface area contributed by atoms with Crippen molar-refractivity contribution in [2.24, 2.45) is 10.8 Å². The third-order valence-electron chi connectivity index (χ3n) is 2.83. The second-order valence-electron chi connectivity index (χ2n) is 7.46. The predicted molar refractivity (Wildman–Crippen MR) is 85.2 cm³/mol. The summed E-state index contributed by atoms with van der Waals surface area (Å²) in [5.74, 6) is -5.47. The molecule has 0 atom stereocenters. The molecule has 0 aliphatic heterocycles. The van der Waals surface area contributed by atoms with Gasteiger partial charge in [0.15, 0.2) is 0 Å². The number of esters is 2. The number of carbonyl (C=O) groups is 3. The summed E-state index contributed by atoms with van der Waals surface area (Å²) in [6.07, 6.45) is 0. The van der Waals surface area contributed by atoms with Crippen molar-refractivity contribution in [3.05, 3.63) is 0 Å². The van der Waals surface area contributed by atoms with Gasteiger partial charge in [0, 0.05) is 6.92 Å². The predicted octanol–water partition coefficient (Wildman–Crippen LogP) is 1.78. The maximum absolute atomic E-state index is 12.1. The fourth-order valence-electron chi connectivity index (χ4n) is 1.38. The van der Waals surface area contributed by atoms with E-state index in [-0.39, 0.29) is 0 Å². The number of hydrogen-bond donors (Lipinski definition) is 2. The molecular weight excluding hydrogens is 334 g/mol. The zero-order valence-corrected chi connectivity index (χ0v) is 15.3. The average Bonchev–Trinajstić information content (AvgIpc) is 2.62.